The van der Waals surface area contributed by atoms with Crippen molar-refractivity contribution in [1.29, 1.82) is 0 Å². The van der Waals surface area contributed by atoms with Crippen molar-refractivity contribution >= 4 is 17.9 Å². The molecule has 0 radical (unpaired) electrons. The number of hydrogen-bond acceptors (Lipinski definition) is 6. The molecule has 47 heavy (non-hydrogen) atoms. The quantitative estimate of drug-likeness (QED) is 0.0332. The molecule has 0 aromatic carbocycles. The van der Waals surface area contributed by atoms with Crippen LogP contribution in [0.5, 0.6) is 0 Å². The molecule has 0 amide bonds. The third-order valence-electron chi connectivity index (χ3n) is 6.90. The van der Waals surface area contributed by atoms with Crippen LogP contribution in [0.1, 0.15) is 136 Å². The Kier molecular flexibility index (Phi) is 32.9. The van der Waals surface area contributed by atoms with Crippen molar-refractivity contribution in [2.75, 3.05) is 13.2 Å². The Bertz CT molecular complexity index is 982. The van der Waals surface area contributed by atoms with Crippen molar-refractivity contribution < 1.29 is 28.6 Å². The molecule has 0 saturated heterocycles. The van der Waals surface area contributed by atoms with E-state index in [4.69, 9.17) is 14.2 Å². The van der Waals surface area contributed by atoms with Crippen molar-refractivity contribution in [3.05, 3.63) is 85.1 Å². The van der Waals surface area contributed by atoms with Crippen molar-refractivity contribution in [2.24, 2.45) is 0 Å². The molecular formula is C41H64O6. The van der Waals surface area contributed by atoms with Crippen LogP contribution in [-0.4, -0.2) is 37.2 Å². The van der Waals surface area contributed by atoms with Crippen molar-refractivity contribution in [2.45, 2.75) is 142 Å². The van der Waals surface area contributed by atoms with Gasteiger partial charge in [-0.15, -0.1) is 0 Å². The average molecular weight is 653 g/mol. The maximum Gasteiger partial charge on any atom is 0.310 e. The second-order valence-corrected chi connectivity index (χ2v) is 11.4. The van der Waals surface area contributed by atoms with Gasteiger partial charge in [-0.1, -0.05) is 125 Å². The average Bonchev–Trinajstić information content (AvgIpc) is 3.06. The van der Waals surface area contributed by atoms with Gasteiger partial charge in [0.15, 0.2) is 6.10 Å². The smallest absolute Gasteiger partial charge is 0.310 e. The predicted octanol–water partition coefficient (Wildman–Crippen LogP) is 11.0. The molecule has 0 saturated carbocycles. The lowest BCUT2D eigenvalue weighted by molar-refractivity contribution is -0.166. The predicted molar refractivity (Wildman–Crippen MR) is 196 cm³/mol. The molecule has 0 heterocycles. The second kappa shape index (κ2) is 35.4. The SMILES string of the molecule is CC/C=C\C/C=C\C/C=C\CCCC(=O)OCC(COC(=O)CCC/C=C\CCCCCC)OC(=O)C/C=C\C/C=C\C/C=C\CC. The molecule has 1 atom stereocenters. The number of rotatable bonds is 30. The number of unbranched alkanes of at least 4 members (excludes halogenated alkanes) is 6. The van der Waals surface area contributed by atoms with Gasteiger partial charge >= 0.3 is 17.9 Å². The molecule has 0 fully saturated rings. The van der Waals surface area contributed by atoms with Gasteiger partial charge in [-0.25, -0.2) is 0 Å². The van der Waals surface area contributed by atoms with E-state index in [1.54, 1.807) is 6.08 Å². The van der Waals surface area contributed by atoms with Gasteiger partial charge in [0, 0.05) is 12.8 Å². The first-order chi connectivity index (χ1) is 23.0. The standard InChI is InChI=1S/C41H64O6/c1-4-7-10-13-16-19-20-23-25-28-31-34-40(43)46-37-38(47-41(44)35-32-29-26-22-18-15-12-9-6-3)36-45-39(42)33-30-27-24-21-17-14-11-8-5-2/h7,9-10,12,16,18-19,21-25,29,32,38H,4-6,8,11,13-15,17,20,26-28,30-31,33-37H2,1-3H3/b10-7-,12-9-,19-16-,22-18-,24-21-,25-23-,32-29-. The fourth-order valence-electron chi connectivity index (χ4n) is 4.23. The minimum Gasteiger partial charge on any atom is -0.462 e. The van der Waals surface area contributed by atoms with Crippen LogP contribution in [0.2, 0.25) is 0 Å². The lowest BCUT2D eigenvalue weighted by Gasteiger charge is -2.18. The molecule has 0 aromatic rings. The van der Waals surface area contributed by atoms with Crippen LogP contribution in [-0.2, 0) is 28.6 Å². The highest BCUT2D eigenvalue weighted by atomic mass is 16.6. The van der Waals surface area contributed by atoms with E-state index in [2.05, 4.69) is 87.6 Å². The highest BCUT2D eigenvalue weighted by Crippen LogP contribution is 2.08. The summed E-state index contributed by atoms with van der Waals surface area (Å²) >= 11 is 0. The molecule has 264 valence electrons. The van der Waals surface area contributed by atoms with Gasteiger partial charge in [-0.2, -0.15) is 0 Å². The largest absolute Gasteiger partial charge is 0.462 e. The van der Waals surface area contributed by atoms with Gasteiger partial charge in [0.25, 0.3) is 0 Å². The third kappa shape index (κ3) is 33.8. The summed E-state index contributed by atoms with van der Waals surface area (Å²) in [5.41, 5.74) is 0. The zero-order chi connectivity index (χ0) is 34.5. The summed E-state index contributed by atoms with van der Waals surface area (Å²) in [5.74, 6) is -1.18. The summed E-state index contributed by atoms with van der Waals surface area (Å²) < 4.78 is 16.3. The van der Waals surface area contributed by atoms with E-state index in [-0.39, 0.29) is 44.4 Å². The molecular weight excluding hydrogens is 588 g/mol. The van der Waals surface area contributed by atoms with Gasteiger partial charge in [-0.05, 0) is 77.0 Å². The molecule has 0 aliphatic carbocycles. The summed E-state index contributed by atoms with van der Waals surface area (Å²) in [5, 5.41) is 0. The fraction of sp³-hybridized carbons (Fsp3) is 0.585. The molecule has 0 bridgehead atoms. The van der Waals surface area contributed by atoms with Crippen LogP contribution in [0.4, 0.5) is 0 Å². The number of carbonyl (C=O) groups is 3. The zero-order valence-electron chi connectivity index (χ0n) is 29.8. The topological polar surface area (TPSA) is 78.9 Å². The van der Waals surface area contributed by atoms with E-state index in [9.17, 15) is 14.4 Å². The lowest BCUT2D eigenvalue weighted by atomic mass is 10.1. The van der Waals surface area contributed by atoms with Crippen LogP contribution >= 0.6 is 0 Å². The summed E-state index contributed by atoms with van der Waals surface area (Å²) in [6, 6.07) is 0. The first-order valence-corrected chi connectivity index (χ1v) is 18.1. The Labute approximate surface area is 286 Å². The van der Waals surface area contributed by atoms with E-state index >= 15 is 0 Å². The zero-order valence-corrected chi connectivity index (χ0v) is 29.8. The second-order valence-electron chi connectivity index (χ2n) is 11.4. The van der Waals surface area contributed by atoms with Crippen molar-refractivity contribution in [3.8, 4) is 0 Å². The Balaban J connectivity index is 4.62. The van der Waals surface area contributed by atoms with E-state index in [1.165, 1.54) is 25.7 Å². The molecule has 6 nitrogen and oxygen atoms in total. The minimum absolute atomic E-state index is 0.0870. The summed E-state index contributed by atoms with van der Waals surface area (Å²) in [6.07, 6.45) is 43.4. The molecule has 0 spiro atoms. The molecule has 0 rings (SSSR count). The normalized spacial score (nSPS) is 13.0. The number of carbonyl (C=O) groups excluding carboxylic acids is 3. The maximum atomic E-state index is 12.5. The van der Waals surface area contributed by atoms with E-state index in [1.807, 2.05) is 12.2 Å². The highest BCUT2D eigenvalue weighted by molar-refractivity contribution is 5.72. The van der Waals surface area contributed by atoms with Gasteiger partial charge < -0.3 is 14.2 Å². The number of hydrogen-bond donors (Lipinski definition) is 0. The van der Waals surface area contributed by atoms with Crippen LogP contribution in [0.25, 0.3) is 0 Å². The Morgan fingerprint density at radius 3 is 1.38 bits per heavy atom. The van der Waals surface area contributed by atoms with E-state index in [0.29, 0.717) is 12.8 Å². The van der Waals surface area contributed by atoms with E-state index in [0.717, 1.165) is 57.8 Å². The van der Waals surface area contributed by atoms with E-state index < -0.39 is 12.1 Å². The van der Waals surface area contributed by atoms with Crippen molar-refractivity contribution in [1.82, 2.24) is 0 Å². The Hall–Kier alpha value is -3.41. The summed E-state index contributed by atoms with van der Waals surface area (Å²) in [7, 11) is 0. The number of ether oxygens (including phenoxy) is 3. The van der Waals surface area contributed by atoms with Gasteiger partial charge in [0.05, 0.1) is 6.42 Å². The Morgan fingerprint density at radius 2 is 0.894 bits per heavy atom. The summed E-state index contributed by atoms with van der Waals surface area (Å²) in [6.45, 7) is 6.13. The third-order valence-corrected chi connectivity index (χ3v) is 6.90. The van der Waals surface area contributed by atoms with Crippen LogP contribution in [0.3, 0.4) is 0 Å². The summed E-state index contributed by atoms with van der Waals surface area (Å²) in [4.78, 5) is 37.2. The van der Waals surface area contributed by atoms with Crippen LogP contribution < -0.4 is 0 Å². The molecule has 0 aliphatic rings. The van der Waals surface area contributed by atoms with Gasteiger partial charge in [-0.3, -0.25) is 14.4 Å². The fourth-order valence-corrected chi connectivity index (χ4v) is 4.23. The highest BCUT2D eigenvalue weighted by Gasteiger charge is 2.19. The molecule has 6 heteroatoms. The monoisotopic (exact) mass is 652 g/mol. The molecule has 0 N–H and O–H groups in total. The van der Waals surface area contributed by atoms with Gasteiger partial charge in [0.1, 0.15) is 13.2 Å². The maximum absolute atomic E-state index is 12.5. The molecule has 0 aliphatic heterocycles. The first-order valence-electron chi connectivity index (χ1n) is 18.1. The van der Waals surface area contributed by atoms with Crippen molar-refractivity contribution in [3.63, 3.8) is 0 Å². The number of allylic oxidation sites excluding steroid dienone is 13. The molecule has 0 aromatic heterocycles. The lowest BCUT2D eigenvalue weighted by Crippen LogP contribution is -2.30. The number of esters is 3. The minimum atomic E-state index is -0.851. The molecule has 1 unspecified atom stereocenters. The Morgan fingerprint density at radius 1 is 0.468 bits per heavy atom. The van der Waals surface area contributed by atoms with Crippen LogP contribution in [0, 0.1) is 0 Å². The van der Waals surface area contributed by atoms with Gasteiger partial charge in [0.2, 0.25) is 0 Å². The first kappa shape index (κ1) is 43.6. The van der Waals surface area contributed by atoms with Crippen LogP contribution in [0.15, 0.2) is 85.1 Å².